The molecule has 0 unspecified atom stereocenters. The van der Waals surface area contributed by atoms with E-state index in [4.69, 9.17) is 5.11 Å². The summed E-state index contributed by atoms with van der Waals surface area (Å²) in [6.07, 6.45) is 2.52. The number of likely N-dealkylation sites (N-methyl/N-ethyl adjacent to an activating group) is 1. The first-order valence-corrected chi connectivity index (χ1v) is 5.07. The molecule has 0 aromatic heterocycles. The van der Waals surface area contributed by atoms with E-state index >= 15 is 0 Å². The van der Waals surface area contributed by atoms with Gasteiger partial charge in [0.15, 0.2) is 0 Å². The summed E-state index contributed by atoms with van der Waals surface area (Å²) in [4.78, 5) is 21.7. The van der Waals surface area contributed by atoms with Gasteiger partial charge < -0.3 is 15.7 Å². The van der Waals surface area contributed by atoms with Crippen molar-refractivity contribution in [2.75, 3.05) is 18.9 Å². The summed E-state index contributed by atoms with van der Waals surface area (Å²) < 4.78 is 0. The lowest BCUT2D eigenvalue weighted by molar-refractivity contribution is -0.131. The van der Waals surface area contributed by atoms with Crippen LogP contribution in [0.4, 0.5) is 5.69 Å². The van der Waals surface area contributed by atoms with Crippen LogP contribution in [0.3, 0.4) is 0 Å². The van der Waals surface area contributed by atoms with Crippen LogP contribution < -0.4 is 10.6 Å². The standard InChI is InChI=1S/C12H14N2O3/c1-13-8-11(15)14-10-4-2-3-9(7-10)5-6-12(16)17/h2-7,13H,8H2,1H3,(H,14,15)(H,16,17)/b6-5+. The van der Waals surface area contributed by atoms with Crippen LogP contribution in [0.15, 0.2) is 30.3 Å². The van der Waals surface area contributed by atoms with E-state index in [2.05, 4.69) is 10.6 Å². The van der Waals surface area contributed by atoms with Gasteiger partial charge in [-0.3, -0.25) is 4.79 Å². The Labute approximate surface area is 99.1 Å². The number of carbonyl (C=O) groups excluding carboxylic acids is 1. The molecular formula is C12H14N2O3. The lowest BCUT2D eigenvalue weighted by Crippen LogP contribution is -2.24. The van der Waals surface area contributed by atoms with Crippen molar-refractivity contribution in [3.05, 3.63) is 35.9 Å². The number of amides is 1. The second-order valence-corrected chi connectivity index (χ2v) is 3.38. The van der Waals surface area contributed by atoms with E-state index in [0.717, 1.165) is 11.6 Å². The predicted octanol–water partition coefficient (Wildman–Crippen LogP) is 0.942. The van der Waals surface area contributed by atoms with Crippen molar-refractivity contribution in [2.24, 2.45) is 0 Å². The Morgan fingerprint density at radius 3 is 2.82 bits per heavy atom. The normalized spacial score (nSPS) is 10.4. The maximum Gasteiger partial charge on any atom is 0.328 e. The largest absolute Gasteiger partial charge is 0.478 e. The molecule has 1 aromatic carbocycles. The van der Waals surface area contributed by atoms with E-state index < -0.39 is 5.97 Å². The molecule has 0 aliphatic rings. The fourth-order valence-electron chi connectivity index (χ4n) is 1.25. The third-order valence-electron chi connectivity index (χ3n) is 1.93. The van der Waals surface area contributed by atoms with E-state index in [1.54, 1.807) is 31.3 Å². The number of nitrogens with one attached hydrogen (secondary N) is 2. The Morgan fingerprint density at radius 2 is 2.18 bits per heavy atom. The molecule has 0 spiro atoms. The summed E-state index contributed by atoms with van der Waals surface area (Å²) >= 11 is 0. The van der Waals surface area contributed by atoms with Crippen LogP contribution in [0.5, 0.6) is 0 Å². The molecule has 0 aliphatic carbocycles. The molecule has 0 atom stereocenters. The molecule has 17 heavy (non-hydrogen) atoms. The highest BCUT2D eigenvalue weighted by molar-refractivity contribution is 5.92. The van der Waals surface area contributed by atoms with Crippen molar-refractivity contribution in [1.29, 1.82) is 0 Å². The zero-order valence-electron chi connectivity index (χ0n) is 9.43. The molecule has 0 heterocycles. The van der Waals surface area contributed by atoms with Crippen LogP contribution >= 0.6 is 0 Å². The summed E-state index contributed by atoms with van der Waals surface area (Å²) in [5.41, 5.74) is 1.35. The smallest absolute Gasteiger partial charge is 0.328 e. The monoisotopic (exact) mass is 234 g/mol. The summed E-state index contributed by atoms with van der Waals surface area (Å²) in [6, 6.07) is 6.95. The maximum atomic E-state index is 11.3. The van der Waals surface area contributed by atoms with Gasteiger partial charge >= 0.3 is 5.97 Å². The molecule has 1 aromatic rings. The number of aliphatic carboxylic acids is 1. The van der Waals surface area contributed by atoms with E-state index in [1.165, 1.54) is 6.08 Å². The molecule has 5 heteroatoms. The molecule has 5 nitrogen and oxygen atoms in total. The molecule has 90 valence electrons. The molecule has 0 aliphatic heterocycles. The zero-order chi connectivity index (χ0) is 12.7. The van der Waals surface area contributed by atoms with E-state index in [9.17, 15) is 9.59 Å². The molecule has 3 N–H and O–H groups in total. The summed E-state index contributed by atoms with van der Waals surface area (Å²) in [7, 11) is 1.69. The van der Waals surface area contributed by atoms with Gasteiger partial charge in [-0.05, 0) is 30.8 Å². The first-order chi connectivity index (χ1) is 8.11. The Kier molecular flexibility index (Phi) is 4.90. The van der Waals surface area contributed by atoms with Gasteiger partial charge in [0.25, 0.3) is 0 Å². The van der Waals surface area contributed by atoms with Gasteiger partial charge in [-0.15, -0.1) is 0 Å². The molecule has 0 saturated heterocycles. The fourth-order valence-corrected chi connectivity index (χ4v) is 1.25. The van der Waals surface area contributed by atoms with Crippen LogP contribution in [0, 0.1) is 0 Å². The van der Waals surface area contributed by atoms with Gasteiger partial charge in [-0.2, -0.15) is 0 Å². The third kappa shape index (κ3) is 4.94. The number of hydrogen-bond donors (Lipinski definition) is 3. The number of carboxylic acid groups (broad SMARTS) is 1. The maximum absolute atomic E-state index is 11.3. The molecular weight excluding hydrogens is 220 g/mol. The molecule has 0 saturated carbocycles. The summed E-state index contributed by atoms with van der Waals surface area (Å²) in [5, 5.41) is 13.9. The second-order valence-electron chi connectivity index (χ2n) is 3.38. The first kappa shape index (κ1) is 12.9. The first-order valence-electron chi connectivity index (χ1n) is 5.07. The number of carbonyl (C=O) groups is 2. The fraction of sp³-hybridized carbons (Fsp3) is 0.167. The van der Waals surface area contributed by atoms with Gasteiger partial charge in [0.2, 0.25) is 5.91 Å². The molecule has 1 amide bonds. The predicted molar refractivity (Wildman–Crippen MR) is 65.7 cm³/mol. The van der Waals surface area contributed by atoms with Crippen LogP contribution in [0.2, 0.25) is 0 Å². The van der Waals surface area contributed by atoms with Crippen LogP contribution in [-0.2, 0) is 9.59 Å². The van der Waals surface area contributed by atoms with E-state index in [0.29, 0.717) is 5.69 Å². The van der Waals surface area contributed by atoms with Crippen molar-refractivity contribution in [3.63, 3.8) is 0 Å². The van der Waals surface area contributed by atoms with Gasteiger partial charge in [0, 0.05) is 11.8 Å². The van der Waals surface area contributed by atoms with Crippen molar-refractivity contribution < 1.29 is 14.7 Å². The molecule has 0 radical (unpaired) electrons. The SMILES string of the molecule is CNCC(=O)Nc1cccc(/C=C/C(=O)O)c1. The van der Waals surface area contributed by atoms with Crippen molar-refractivity contribution in [1.82, 2.24) is 5.32 Å². The van der Waals surface area contributed by atoms with Crippen molar-refractivity contribution in [3.8, 4) is 0 Å². The number of anilines is 1. The van der Waals surface area contributed by atoms with Gasteiger partial charge in [0.05, 0.1) is 6.54 Å². The second kappa shape index (κ2) is 6.44. The minimum atomic E-state index is -1.00. The van der Waals surface area contributed by atoms with Crippen LogP contribution in [-0.4, -0.2) is 30.6 Å². The average Bonchev–Trinajstić information content (AvgIpc) is 2.27. The Balaban J connectivity index is 2.72. The molecule has 0 fully saturated rings. The topological polar surface area (TPSA) is 78.4 Å². The number of hydrogen-bond acceptors (Lipinski definition) is 3. The lowest BCUT2D eigenvalue weighted by atomic mass is 10.2. The summed E-state index contributed by atoms with van der Waals surface area (Å²) in [6.45, 7) is 0.231. The minimum absolute atomic E-state index is 0.146. The Hall–Kier alpha value is -2.14. The number of rotatable bonds is 5. The molecule has 0 bridgehead atoms. The van der Waals surface area contributed by atoms with Crippen molar-refractivity contribution in [2.45, 2.75) is 0 Å². The highest BCUT2D eigenvalue weighted by atomic mass is 16.4. The quantitative estimate of drug-likeness (QED) is 0.662. The minimum Gasteiger partial charge on any atom is -0.478 e. The van der Waals surface area contributed by atoms with E-state index in [1.807, 2.05) is 0 Å². The zero-order valence-corrected chi connectivity index (χ0v) is 9.43. The van der Waals surface area contributed by atoms with Gasteiger partial charge in [-0.1, -0.05) is 12.1 Å². The highest BCUT2D eigenvalue weighted by Crippen LogP contribution is 2.11. The van der Waals surface area contributed by atoms with Gasteiger partial charge in [0.1, 0.15) is 0 Å². The Morgan fingerprint density at radius 1 is 1.41 bits per heavy atom. The molecule has 1 rings (SSSR count). The van der Waals surface area contributed by atoms with Crippen LogP contribution in [0.25, 0.3) is 6.08 Å². The highest BCUT2D eigenvalue weighted by Gasteiger charge is 2.00. The third-order valence-corrected chi connectivity index (χ3v) is 1.93. The van der Waals surface area contributed by atoms with E-state index in [-0.39, 0.29) is 12.5 Å². The number of benzene rings is 1. The van der Waals surface area contributed by atoms with Gasteiger partial charge in [-0.25, -0.2) is 4.79 Å². The van der Waals surface area contributed by atoms with Crippen molar-refractivity contribution >= 4 is 23.6 Å². The summed E-state index contributed by atoms with van der Waals surface area (Å²) in [5.74, 6) is -1.15. The average molecular weight is 234 g/mol. The lowest BCUT2D eigenvalue weighted by Gasteiger charge is -2.05. The Bertz CT molecular complexity index is 441. The van der Waals surface area contributed by atoms with Crippen LogP contribution in [0.1, 0.15) is 5.56 Å². The number of carboxylic acids is 1.